The second kappa shape index (κ2) is 4.52. The van der Waals surface area contributed by atoms with Gasteiger partial charge in [-0.15, -0.1) is 0 Å². The molecule has 0 saturated carbocycles. The average Bonchev–Trinajstić information content (AvgIpc) is 2.44. The van der Waals surface area contributed by atoms with Gasteiger partial charge in [0.1, 0.15) is 5.65 Å². The Hall–Kier alpha value is -2.13. The van der Waals surface area contributed by atoms with Crippen LogP contribution in [0.1, 0.15) is 0 Å². The third kappa shape index (κ3) is 2.02. The van der Waals surface area contributed by atoms with Crippen molar-refractivity contribution in [2.75, 3.05) is 0 Å². The monoisotopic (exact) mass is 270 g/mol. The van der Waals surface area contributed by atoms with Gasteiger partial charge in [0.05, 0.1) is 0 Å². The number of hydrogen-bond donors (Lipinski definition) is 0. The van der Waals surface area contributed by atoms with Gasteiger partial charge in [0.2, 0.25) is 0 Å². The Kier molecular flexibility index (Phi) is 2.84. The molecule has 0 spiro atoms. The van der Waals surface area contributed by atoms with Gasteiger partial charge in [-0.2, -0.15) is 0 Å². The Morgan fingerprint density at radius 1 is 1.16 bits per heavy atom. The molecule has 4 heteroatoms. The first-order valence-electron chi connectivity index (χ1n) is 5.87. The Bertz CT molecular complexity index is 806. The molecule has 0 unspecified atom stereocenters. The third-order valence-electron chi connectivity index (χ3n) is 3.12. The largest absolute Gasteiger partial charge is 0.295 e. The van der Waals surface area contributed by atoms with Crippen LogP contribution in [-0.2, 0) is 7.05 Å². The smallest absolute Gasteiger partial charge is 0.259 e. The maximum atomic E-state index is 12.4. The van der Waals surface area contributed by atoms with Crippen LogP contribution in [0.25, 0.3) is 22.2 Å². The zero-order chi connectivity index (χ0) is 13.4. The van der Waals surface area contributed by atoms with Gasteiger partial charge in [0.25, 0.3) is 5.56 Å². The van der Waals surface area contributed by atoms with E-state index in [-0.39, 0.29) is 5.56 Å². The highest BCUT2D eigenvalue weighted by Crippen LogP contribution is 2.21. The summed E-state index contributed by atoms with van der Waals surface area (Å²) in [5.74, 6) is 0. The van der Waals surface area contributed by atoms with Gasteiger partial charge in [-0.25, -0.2) is 4.98 Å². The first-order valence-corrected chi connectivity index (χ1v) is 6.25. The molecule has 0 N–H and O–H groups in total. The van der Waals surface area contributed by atoms with Crippen molar-refractivity contribution in [2.24, 2.45) is 7.05 Å². The van der Waals surface area contributed by atoms with Gasteiger partial charge in [-0.1, -0.05) is 23.7 Å². The van der Waals surface area contributed by atoms with E-state index in [1.165, 1.54) is 0 Å². The second-order valence-corrected chi connectivity index (χ2v) is 4.78. The fourth-order valence-electron chi connectivity index (χ4n) is 2.13. The number of benzene rings is 1. The van der Waals surface area contributed by atoms with Gasteiger partial charge >= 0.3 is 0 Å². The zero-order valence-corrected chi connectivity index (χ0v) is 11.1. The first kappa shape index (κ1) is 11.9. The standard InChI is InChI=1S/C15H11ClN2O/c1-18-14-11(3-2-8-17-14)9-13(15(18)19)10-4-6-12(16)7-5-10/h2-9H,1H3. The van der Waals surface area contributed by atoms with Crippen molar-refractivity contribution in [3.63, 3.8) is 0 Å². The van der Waals surface area contributed by atoms with Crippen molar-refractivity contribution in [1.82, 2.24) is 9.55 Å². The Labute approximate surface area is 115 Å². The Balaban J connectivity index is 2.33. The highest BCUT2D eigenvalue weighted by Gasteiger charge is 2.09. The fourth-order valence-corrected chi connectivity index (χ4v) is 2.26. The molecule has 0 amide bonds. The predicted molar refractivity (Wildman–Crippen MR) is 77.4 cm³/mol. The number of pyridine rings is 2. The summed E-state index contributed by atoms with van der Waals surface area (Å²) in [7, 11) is 1.73. The molecule has 0 aliphatic rings. The molecule has 0 atom stereocenters. The van der Waals surface area contributed by atoms with E-state index in [1.54, 1.807) is 29.9 Å². The lowest BCUT2D eigenvalue weighted by Gasteiger charge is -2.08. The molecule has 19 heavy (non-hydrogen) atoms. The lowest BCUT2D eigenvalue weighted by atomic mass is 10.1. The van der Waals surface area contributed by atoms with Crippen LogP contribution < -0.4 is 5.56 Å². The summed E-state index contributed by atoms with van der Waals surface area (Å²) in [5.41, 5.74) is 2.13. The highest BCUT2D eigenvalue weighted by molar-refractivity contribution is 6.30. The van der Waals surface area contributed by atoms with Crippen molar-refractivity contribution in [2.45, 2.75) is 0 Å². The minimum atomic E-state index is -0.0616. The van der Waals surface area contributed by atoms with E-state index in [4.69, 9.17) is 11.6 Å². The number of halogens is 1. The van der Waals surface area contributed by atoms with Crippen LogP contribution in [0.2, 0.25) is 5.02 Å². The summed E-state index contributed by atoms with van der Waals surface area (Å²) < 4.78 is 1.57. The molecule has 94 valence electrons. The van der Waals surface area contributed by atoms with E-state index in [0.717, 1.165) is 10.9 Å². The maximum Gasteiger partial charge on any atom is 0.259 e. The van der Waals surface area contributed by atoms with Crippen LogP contribution in [0.5, 0.6) is 0 Å². The highest BCUT2D eigenvalue weighted by atomic mass is 35.5. The lowest BCUT2D eigenvalue weighted by molar-refractivity contribution is 0.890. The van der Waals surface area contributed by atoms with Gasteiger partial charge in [0.15, 0.2) is 0 Å². The molecule has 0 aliphatic heterocycles. The van der Waals surface area contributed by atoms with Gasteiger partial charge < -0.3 is 0 Å². The predicted octanol–water partition coefficient (Wildman–Crippen LogP) is 3.25. The van der Waals surface area contributed by atoms with Gasteiger partial charge in [-0.3, -0.25) is 9.36 Å². The van der Waals surface area contributed by atoms with E-state index in [0.29, 0.717) is 16.2 Å². The van der Waals surface area contributed by atoms with Crippen molar-refractivity contribution >= 4 is 22.6 Å². The van der Waals surface area contributed by atoms with Gasteiger partial charge in [0, 0.05) is 29.2 Å². The maximum absolute atomic E-state index is 12.4. The average molecular weight is 271 g/mol. The quantitative estimate of drug-likeness (QED) is 0.680. The van der Waals surface area contributed by atoms with E-state index < -0.39 is 0 Å². The molecule has 2 aromatic heterocycles. The molecular formula is C15H11ClN2O. The van der Waals surface area contributed by atoms with Crippen LogP contribution in [0, 0.1) is 0 Å². The molecule has 3 aromatic rings. The summed E-state index contributed by atoms with van der Waals surface area (Å²) in [6.07, 6.45) is 1.68. The summed E-state index contributed by atoms with van der Waals surface area (Å²) in [4.78, 5) is 16.6. The number of hydrogen-bond acceptors (Lipinski definition) is 2. The number of nitrogens with zero attached hydrogens (tertiary/aromatic N) is 2. The van der Waals surface area contributed by atoms with E-state index in [1.807, 2.05) is 30.3 Å². The molecule has 0 saturated heterocycles. The van der Waals surface area contributed by atoms with Crippen molar-refractivity contribution in [1.29, 1.82) is 0 Å². The fraction of sp³-hybridized carbons (Fsp3) is 0.0667. The van der Waals surface area contributed by atoms with Crippen molar-refractivity contribution in [3.8, 4) is 11.1 Å². The van der Waals surface area contributed by atoms with E-state index >= 15 is 0 Å². The van der Waals surface area contributed by atoms with Crippen LogP contribution >= 0.6 is 11.6 Å². The Morgan fingerprint density at radius 3 is 2.63 bits per heavy atom. The topological polar surface area (TPSA) is 34.9 Å². The molecule has 0 bridgehead atoms. The van der Waals surface area contributed by atoms with Crippen LogP contribution in [-0.4, -0.2) is 9.55 Å². The molecule has 1 aromatic carbocycles. The number of rotatable bonds is 1. The molecule has 0 aliphatic carbocycles. The van der Waals surface area contributed by atoms with E-state index in [9.17, 15) is 4.79 Å². The van der Waals surface area contributed by atoms with E-state index in [2.05, 4.69) is 4.98 Å². The second-order valence-electron chi connectivity index (χ2n) is 4.35. The first-order chi connectivity index (χ1) is 9.16. The lowest BCUT2D eigenvalue weighted by Crippen LogP contribution is -2.19. The van der Waals surface area contributed by atoms with Crippen LogP contribution in [0.4, 0.5) is 0 Å². The molecule has 0 fully saturated rings. The normalized spacial score (nSPS) is 10.8. The third-order valence-corrected chi connectivity index (χ3v) is 3.38. The Morgan fingerprint density at radius 2 is 1.89 bits per heavy atom. The van der Waals surface area contributed by atoms with Crippen LogP contribution in [0.15, 0.2) is 53.5 Å². The molecule has 3 rings (SSSR count). The number of aryl methyl sites for hydroxylation is 1. The molecular weight excluding hydrogens is 260 g/mol. The minimum absolute atomic E-state index is 0.0616. The summed E-state index contributed by atoms with van der Waals surface area (Å²) >= 11 is 5.87. The molecule has 0 radical (unpaired) electrons. The minimum Gasteiger partial charge on any atom is -0.295 e. The number of aromatic nitrogens is 2. The summed E-state index contributed by atoms with van der Waals surface area (Å²) in [6, 6.07) is 12.9. The molecule has 2 heterocycles. The van der Waals surface area contributed by atoms with Crippen molar-refractivity contribution < 1.29 is 0 Å². The molecule has 3 nitrogen and oxygen atoms in total. The zero-order valence-electron chi connectivity index (χ0n) is 10.3. The summed E-state index contributed by atoms with van der Waals surface area (Å²) in [5, 5.41) is 1.59. The van der Waals surface area contributed by atoms with Crippen molar-refractivity contribution in [3.05, 3.63) is 64.0 Å². The summed E-state index contributed by atoms with van der Waals surface area (Å²) in [6.45, 7) is 0. The number of fused-ring (bicyclic) bond motifs is 1. The van der Waals surface area contributed by atoms with Crippen LogP contribution in [0.3, 0.4) is 0 Å². The SMILES string of the molecule is Cn1c(=O)c(-c2ccc(Cl)cc2)cc2cccnc21. The van der Waals surface area contributed by atoms with Gasteiger partial charge in [-0.05, 0) is 35.9 Å².